The van der Waals surface area contributed by atoms with E-state index in [1.165, 1.54) is 12.3 Å². The largest absolute Gasteiger partial charge is 0.483 e. The monoisotopic (exact) mass is 549 g/mol. The van der Waals surface area contributed by atoms with Crippen LogP contribution in [0, 0.1) is 17.6 Å². The van der Waals surface area contributed by atoms with Crippen molar-refractivity contribution in [2.24, 2.45) is 5.92 Å². The molecule has 3 heterocycles. The number of nitrogens with zero attached hydrogens (tertiary/aromatic N) is 2. The van der Waals surface area contributed by atoms with Crippen LogP contribution in [0.15, 0.2) is 59.5 Å². The Balaban J connectivity index is 1.35. The summed E-state index contributed by atoms with van der Waals surface area (Å²) in [6.07, 6.45) is 4.80. The van der Waals surface area contributed by atoms with Crippen molar-refractivity contribution in [2.75, 3.05) is 6.61 Å². The maximum atomic E-state index is 14.1. The Labute approximate surface area is 229 Å². The smallest absolute Gasteiger partial charge is 0.276 e. The summed E-state index contributed by atoms with van der Waals surface area (Å²) in [5, 5.41) is 2.53. The molecule has 1 aliphatic carbocycles. The topological polar surface area (TPSA) is 89.9 Å². The Morgan fingerprint density at radius 1 is 1.07 bits per heavy atom. The molecule has 0 radical (unpaired) electrons. The van der Waals surface area contributed by atoms with Crippen LogP contribution in [-0.2, 0) is 24.4 Å². The number of hydrogen-bond acceptors (Lipinski definition) is 5. The molecule has 1 unspecified atom stereocenters. The van der Waals surface area contributed by atoms with Crippen molar-refractivity contribution in [3.05, 3.63) is 99.0 Å². The normalized spacial score (nSPS) is 21.7. The van der Waals surface area contributed by atoms with Gasteiger partial charge in [0.2, 0.25) is 5.43 Å². The Bertz CT molecular complexity index is 1510. The number of rotatable bonds is 6. The molecule has 1 saturated carbocycles. The van der Waals surface area contributed by atoms with Crippen LogP contribution in [0.25, 0.3) is 0 Å². The molecule has 0 bridgehead atoms. The molecular weight excluding hydrogens is 520 g/mol. The summed E-state index contributed by atoms with van der Waals surface area (Å²) in [6, 6.07) is 12.3. The van der Waals surface area contributed by atoms with E-state index < -0.39 is 29.2 Å². The second kappa shape index (κ2) is 10.8. The number of ether oxygens (including phenoxy) is 2. The zero-order valence-electron chi connectivity index (χ0n) is 21.8. The van der Waals surface area contributed by atoms with Crippen molar-refractivity contribution in [1.29, 1.82) is 0 Å². The Morgan fingerprint density at radius 2 is 1.88 bits per heavy atom. The van der Waals surface area contributed by atoms with E-state index in [4.69, 9.17) is 9.47 Å². The first-order valence-electron chi connectivity index (χ1n) is 13.5. The maximum Gasteiger partial charge on any atom is 0.276 e. The summed E-state index contributed by atoms with van der Waals surface area (Å²) in [5.74, 6) is -2.61. The number of pyridine rings is 1. The van der Waals surface area contributed by atoms with E-state index in [1.54, 1.807) is 9.47 Å². The summed E-state index contributed by atoms with van der Waals surface area (Å²) >= 11 is 0. The summed E-state index contributed by atoms with van der Waals surface area (Å²) in [4.78, 5) is 42.6. The molecule has 8 nitrogen and oxygen atoms in total. The quantitative estimate of drug-likeness (QED) is 0.502. The van der Waals surface area contributed by atoms with Crippen LogP contribution in [-0.4, -0.2) is 40.2 Å². The van der Waals surface area contributed by atoms with E-state index in [0.29, 0.717) is 6.61 Å². The number of amides is 2. The van der Waals surface area contributed by atoms with Crippen molar-refractivity contribution in [1.82, 2.24) is 14.8 Å². The number of benzene rings is 2. The van der Waals surface area contributed by atoms with Gasteiger partial charge in [-0.25, -0.2) is 8.78 Å². The minimum atomic E-state index is -0.810. The zero-order valence-corrected chi connectivity index (χ0v) is 21.8. The summed E-state index contributed by atoms with van der Waals surface area (Å²) < 4.78 is 41.0. The lowest BCUT2D eigenvalue weighted by atomic mass is 9.82. The van der Waals surface area contributed by atoms with E-state index >= 15 is 0 Å². The third-order valence-electron chi connectivity index (χ3n) is 7.99. The maximum absolute atomic E-state index is 14.1. The molecular formula is C30H29F2N3O5. The minimum absolute atomic E-state index is 0.0220. The molecule has 2 aromatic carbocycles. The van der Waals surface area contributed by atoms with Gasteiger partial charge in [0.25, 0.3) is 11.8 Å². The van der Waals surface area contributed by atoms with Gasteiger partial charge in [0.15, 0.2) is 17.7 Å². The molecule has 1 aromatic heterocycles. The van der Waals surface area contributed by atoms with Crippen molar-refractivity contribution in [3.63, 3.8) is 0 Å². The van der Waals surface area contributed by atoms with Gasteiger partial charge in [-0.05, 0) is 24.5 Å². The number of carbonyl (C=O) groups is 2. The number of fused-ring (bicyclic) bond motifs is 4. The fraction of sp³-hybridized carbons (Fsp3) is 0.367. The van der Waals surface area contributed by atoms with Crippen LogP contribution in [0.1, 0.15) is 57.7 Å². The van der Waals surface area contributed by atoms with Crippen LogP contribution in [0.5, 0.6) is 5.75 Å². The highest BCUT2D eigenvalue weighted by Gasteiger charge is 2.46. The van der Waals surface area contributed by atoms with Gasteiger partial charge in [0.05, 0.1) is 13.2 Å². The van der Waals surface area contributed by atoms with Crippen LogP contribution < -0.4 is 15.5 Å². The van der Waals surface area contributed by atoms with E-state index in [-0.39, 0.29) is 60.1 Å². The average molecular weight is 550 g/mol. The van der Waals surface area contributed by atoms with Crippen LogP contribution in [0.2, 0.25) is 0 Å². The van der Waals surface area contributed by atoms with Gasteiger partial charge in [-0.1, -0.05) is 49.2 Å². The lowest BCUT2D eigenvalue weighted by Gasteiger charge is -2.50. The van der Waals surface area contributed by atoms with E-state index in [2.05, 4.69) is 5.32 Å². The van der Waals surface area contributed by atoms with E-state index in [0.717, 1.165) is 43.4 Å². The highest BCUT2D eigenvalue weighted by molar-refractivity contribution is 5.99. The molecule has 40 heavy (non-hydrogen) atoms. The fourth-order valence-corrected chi connectivity index (χ4v) is 5.95. The first-order valence-corrected chi connectivity index (χ1v) is 13.5. The molecule has 0 spiro atoms. The molecule has 3 aliphatic rings. The molecule has 2 fully saturated rings. The van der Waals surface area contributed by atoms with Gasteiger partial charge in [-0.3, -0.25) is 14.4 Å². The van der Waals surface area contributed by atoms with Gasteiger partial charge >= 0.3 is 0 Å². The third-order valence-corrected chi connectivity index (χ3v) is 7.99. The van der Waals surface area contributed by atoms with Crippen LogP contribution >= 0.6 is 0 Å². The van der Waals surface area contributed by atoms with Crippen molar-refractivity contribution >= 4 is 11.8 Å². The van der Waals surface area contributed by atoms with E-state index in [1.807, 2.05) is 30.3 Å². The van der Waals surface area contributed by atoms with E-state index in [9.17, 15) is 23.2 Å². The Morgan fingerprint density at radius 3 is 2.67 bits per heavy atom. The van der Waals surface area contributed by atoms with Crippen LogP contribution in [0.4, 0.5) is 8.78 Å². The number of nitrogens with one attached hydrogen (secondary N) is 1. The first kappa shape index (κ1) is 26.2. The number of aromatic nitrogens is 1. The van der Waals surface area contributed by atoms with Crippen molar-refractivity contribution in [3.8, 4) is 5.75 Å². The lowest BCUT2D eigenvalue weighted by Crippen LogP contribution is -2.61. The SMILES string of the molecule is O=C(NCc1ccc(F)cc1F)c1cn2c(c(OCc3ccccc3)c1=O)C(=O)N1[C@@H](C2)OCC2CCCC[C@@H]21. The second-order valence-electron chi connectivity index (χ2n) is 10.5. The summed E-state index contributed by atoms with van der Waals surface area (Å²) in [6.45, 7) is 0.559. The average Bonchev–Trinajstić information content (AvgIpc) is 2.96. The molecule has 6 rings (SSSR count). The molecule has 2 aliphatic heterocycles. The Kier molecular flexibility index (Phi) is 7.10. The molecule has 208 valence electrons. The minimum Gasteiger partial charge on any atom is -0.483 e. The number of hydrogen-bond donors (Lipinski definition) is 1. The Hall–Kier alpha value is -4.05. The van der Waals surface area contributed by atoms with Crippen LogP contribution in [0.3, 0.4) is 0 Å². The third kappa shape index (κ3) is 4.88. The van der Waals surface area contributed by atoms with Crippen molar-refractivity contribution in [2.45, 2.75) is 57.6 Å². The van der Waals surface area contributed by atoms with Gasteiger partial charge in [-0.15, -0.1) is 0 Å². The highest BCUT2D eigenvalue weighted by Crippen LogP contribution is 2.38. The molecule has 3 atom stereocenters. The molecule has 3 aromatic rings. The molecule has 10 heteroatoms. The predicted molar refractivity (Wildman–Crippen MR) is 141 cm³/mol. The highest BCUT2D eigenvalue weighted by atomic mass is 19.1. The molecule has 1 saturated heterocycles. The van der Waals surface area contributed by atoms with Gasteiger partial charge in [0, 0.05) is 36.3 Å². The van der Waals surface area contributed by atoms with Gasteiger partial charge in [-0.2, -0.15) is 0 Å². The number of carbonyl (C=O) groups excluding carboxylic acids is 2. The summed E-state index contributed by atoms with van der Waals surface area (Å²) in [7, 11) is 0. The molecule has 2 amide bonds. The fourth-order valence-electron chi connectivity index (χ4n) is 5.95. The summed E-state index contributed by atoms with van der Waals surface area (Å²) in [5.41, 5.74) is -0.0341. The standard InChI is InChI=1S/C30H29F2N3O5/c31-21-11-10-19(23(32)12-21)13-33-29(37)22-14-34-15-25-35(24-9-5-4-8-20(24)17-39-25)30(38)26(34)28(27(22)36)40-16-18-6-2-1-3-7-18/h1-3,6-7,10-12,14,20,24-25H,4-5,8-9,13,15-17H2,(H,33,37)/t20?,24-,25+/m0/s1. The predicted octanol–water partition coefficient (Wildman–Crippen LogP) is 4.01. The lowest BCUT2D eigenvalue weighted by molar-refractivity contribution is -0.149. The van der Waals surface area contributed by atoms with Gasteiger partial charge < -0.3 is 24.3 Å². The molecule has 1 N–H and O–H groups in total. The van der Waals surface area contributed by atoms with Crippen molar-refractivity contribution < 1.29 is 27.8 Å². The van der Waals surface area contributed by atoms with Gasteiger partial charge in [0.1, 0.15) is 23.8 Å². The second-order valence-corrected chi connectivity index (χ2v) is 10.5. The first-order chi connectivity index (χ1) is 19.4. The zero-order chi connectivity index (χ0) is 27.8. The number of halogens is 2.